The minimum atomic E-state index is 0. The summed E-state index contributed by atoms with van der Waals surface area (Å²) in [5, 5.41) is 2.97. The third-order valence-electron chi connectivity index (χ3n) is 1.44. The van der Waals surface area contributed by atoms with Crippen molar-refractivity contribution in [3.05, 3.63) is 25.3 Å². The van der Waals surface area contributed by atoms with Gasteiger partial charge in [0, 0.05) is 0 Å². The van der Waals surface area contributed by atoms with Crippen molar-refractivity contribution in [3.63, 3.8) is 0 Å². The van der Waals surface area contributed by atoms with E-state index in [9.17, 15) is 0 Å². The molecule has 0 unspecified atom stereocenters. The zero-order chi connectivity index (χ0) is 10.7. The Morgan fingerprint density at radius 3 is 1.46 bits per heavy atom. The molecule has 0 aliphatic rings. The van der Waals surface area contributed by atoms with Crippen LogP contribution < -0.4 is 0 Å². The molecule has 76 valence electrons. The van der Waals surface area contributed by atoms with Gasteiger partial charge < -0.3 is 1.43 Å². The molecule has 0 bridgehead atoms. The summed E-state index contributed by atoms with van der Waals surface area (Å²) in [4.78, 5) is 0. The Kier molecular flexibility index (Phi) is 14.3. The van der Waals surface area contributed by atoms with E-state index in [1.54, 1.807) is 12.2 Å². The van der Waals surface area contributed by atoms with Crippen LogP contribution in [0.5, 0.6) is 0 Å². The van der Waals surface area contributed by atoms with Crippen LogP contribution in [0.1, 0.15) is 29.1 Å². The van der Waals surface area contributed by atoms with E-state index < -0.39 is 0 Å². The van der Waals surface area contributed by atoms with Gasteiger partial charge in [-0.3, -0.25) is 0 Å². The van der Waals surface area contributed by atoms with E-state index in [4.69, 9.17) is 0 Å². The molecule has 0 aromatic rings. The van der Waals surface area contributed by atoms with Gasteiger partial charge in [0.15, 0.2) is 0 Å². The molecule has 0 amide bonds. The zero-order valence-electron chi connectivity index (χ0n) is 10.7. The van der Waals surface area contributed by atoms with Gasteiger partial charge in [-0.1, -0.05) is 25.3 Å². The van der Waals surface area contributed by atoms with Crippen molar-refractivity contribution in [2.45, 2.75) is 38.3 Å². The fourth-order valence-corrected chi connectivity index (χ4v) is 2.29. The molecule has 0 saturated heterocycles. The van der Waals surface area contributed by atoms with Gasteiger partial charge >= 0.3 is 65.3 Å². The summed E-state index contributed by atoms with van der Waals surface area (Å²) >= 11 is 0.755. The van der Waals surface area contributed by atoms with E-state index in [0.29, 0.717) is 0 Å². The van der Waals surface area contributed by atoms with E-state index in [1.165, 1.54) is 10.6 Å². The quantitative estimate of drug-likeness (QED) is 0.454. The number of allylic oxidation sites excluding steroid dienone is 2. The maximum Gasteiger partial charge on any atom is -1.00 e. The molecule has 0 fully saturated rings. The molecule has 0 saturated carbocycles. The average Bonchev–Trinajstić information content (AvgIpc) is 2.03. The molecule has 0 radical (unpaired) electrons. The molecule has 0 aromatic carbocycles. The van der Waals surface area contributed by atoms with E-state index >= 15 is 0 Å². The summed E-state index contributed by atoms with van der Waals surface area (Å²) in [5.41, 5.74) is 0. The molecular formula is C12H25Al. The summed E-state index contributed by atoms with van der Waals surface area (Å²) < 4.78 is 0. The molecule has 0 aliphatic heterocycles. The summed E-state index contributed by atoms with van der Waals surface area (Å²) in [6.45, 7) is 16.0. The predicted molar refractivity (Wildman–Crippen MR) is 66.6 cm³/mol. The molecule has 13 heavy (non-hydrogen) atoms. The van der Waals surface area contributed by atoms with Gasteiger partial charge in [-0.25, -0.2) is 0 Å². The molecule has 0 N–H and O–H groups in total. The van der Waals surface area contributed by atoms with Crippen molar-refractivity contribution in [3.8, 4) is 0 Å². The Labute approximate surface area is 92.3 Å². The molecule has 0 heterocycles. The molecule has 0 nitrogen and oxygen atoms in total. The fraction of sp³-hybridized carbons (Fsp3) is 0.667. The van der Waals surface area contributed by atoms with E-state index in [1.807, 2.05) is 0 Å². The SMILES string of the molecule is C=CC=C.CC(C)[CH2][Al+][CH2]C(C)C.[H-]. The summed E-state index contributed by atoms with van der Waals surface area (Å²) in [6.07, 6.45) is 3.28. The summed E-state index contributed by atoms with van der Waals surface area (Å²) in [5.74, 6) is 1.86. The molecule has 0 aromatic heterocycles. The van der Waals surface area contributed by atoms with Gasteiger partial charge in [-0.05, 0) is 0 Å². The van der Waals surface area contributed by atoms with Gasteiger partial charge in [-0.2, -0.15) is 0 Å². The normalized spacial score (nSPS) is 8.77. The largest absolute Gasteiger partial charge is 1.00 e. The maximum atomic E-state index is 3.36. The first-order valence-corrected chi connectivity index (χ1v) is 6.73. The van der Waals surface area contributed by atoms with Crippen molar-refractivity contribution < 1.29 is 1.43 Å². The average molecular weight is 196 g/mol. The number of rotatable bonds is 5. The number of hydrogen-bond acceptors (Lipinski definition) is 0. The van der Waals surface area contributed by atoms with Crippen LogP contribution in [0.15, 0.2) is 25.3 Å². The van der Waals surface area contributed by atoms with Gasteiger partial charge in [0.2, 0.25) is 0 Å². The fourth-order valence-electron chi connectivity index (χ4n) is 0.763. The van der Waals surface area contributed by atoms with E-state index in [2.05, 4.69) is 40.9 Å². The Morgan fingerprint density at radius 2 is 1.31 bits per heavy atom. The van der Waals surface area contributed by atoms with Crippen LogP contribution in [0.2, 0.25) is 10.6 Å². The van der Waals surface area contributed by atoms with Gasteiger partial charge in [0.25, 0.3) is 0 Å². The Bertz CT molecular complexity index is 105. The van der Waals surface area contributed by atoms with Crippen molar-refractivity contribution in [2.75, 3.05) is 0 Å². The minimum Gasteiger partial charge on any atom is -1.00 e. The third kappa shape index (κ3) is 24.5. The van der Waals surface area contributed by atoms with Crippen LogP contribution in [0.4, 0.5) is 0 Å². The molecule has 0 atom stereocenters. The smallest absolute Gasteiger partial charge is 1.00 e. The third-order valence-corrected chi connectivity index (χ3v) is 4.00. The van der Waals surface area contributed by atoms with Crippen LogP contribution in [0.25, 0.3) is 0 Å². The topological polar surface area (TPSA) is 0 Å². The van der Waals surface area contributed by atoms with Gasteiger partial charge in [0.05, 0.1) is 0 Å². The molecule has 1 heteroatoms. The Balaban J connectivity index is -0.000000209. The molecule has 0 aliphatic carbocycles. The minimum absolute atomic E-state index is 0. The second-order valence-electron chi connectivity index (χ2n) is 4.02. The zero-order valence-corrected chi connectivity index (χ0v) is 10.9. The molecule has 0 rings (SSSR count). The monoisotopic (exact) mass is 196 g/mol. The van der Waals surface area contributed by atoms with Gasteiger partial charge in [-0.15, -0.1) is 0 Å². The molecule has 0 spiro atoms. The first-order valence-electron chi connectivity index (χ1n) is 5.09. The van der Waals surface area contributed by atoms with Crippen LogP contribution >= 0.6 is 0 Å². The van der Waals surface area contributed by atoms with Crippen LogP contribution in [0.3, 0.4) is 0 Å². The van der Waals surface area contributed by atoms with Crippen LogP contribution in [-0.4, -0.2) is 15.2 Å². The standard InChI is InChI=1S/2C4H9.C4H6.Al.H/c2*1-4(2)3;1-3-4-2;;/h2*4H,1H2,2-3H3;3-4H,1-2H2;;/q;;;+1;-1. The Morgan fingerprint density at radius 1 is 1.00 bits per heavy atom. The number of hydrogen-bond donors (Lipinski definition) is 0. The van der Waals surface area contributed by atoms with Crippen molar-refractivity contribution in [2.24, 2.45) is 11.8 Å². The Hall–Kier alpha value is 0.0125. The first kappa shape index (κ1) is 15.5. The van der Waals surface area contributed by atoms with Crippen LogP contribution in [-0.2, 0) is 0 Å². The maximum absolute atomic E-state index is 3.36. The van der Waals surface area contributed by atoms with E-state index in [0.717, 1.165) is 27.1 Å². The molecular weight excluding hydrogens is 171 g/mol. The van der Waals surface area contributed by atoms with Crippen molar-refractivity contribution in [1.82, 2.24) is 0 Å². The predicted octanol–water partition coefficient (Wildman–Crippen LogP) is 4.31. The van der Waals surface area contributed by atoms with Gasteiger partial charge in [0.1, 0.15) is 0 Å². The summed E-state index contributed by atoms with van der Waals surface area (Å²) in [7, 11) is 0. The summed E-state index contributed by atoms with van der Waals surface area (Å²) in [6, 6.07) is 0. The second-order valence-corrected chi connectivity index (χ2v) is 5.54. The van der Waals surface area contributed by atoms with Crippen LogP contribution in [0, 0.1) is 11.8 Å². The van der Waals surface area contributed by atoms with Crippen molar-refractivity contribution >= 4 is 15.2 Å². The second kappa shape index (κ2) is 12.0. The van der Waals surface area contributed by atoms with Crippen molar-refractivity contribution in [1.29, 1.82) is 0 Å². The van der Waals surface area contributed by atoms with E-state index in [-0.39, 0.29) is 1.43 Å². The first-order chi connectivity index (χ1) is 6.04.